The van der Waals surface area contributed by atoms with Gasteiger partial charge in [-0.05, 0) is 25.0 Å². The molecule has 2 rings (SSSR count). The Hall–Kier alpha value is -1.78. The number of carboxylic acid groups (broad SMARTS) is 1. The molecule has 1 aromatic rings. The number of carbonyl (C=O) groups is 2. The summed E-state index contributed by atoms with van der Waals surface area (Å²) in [4.78, 5) is 27.8. The maximum atomic E-state index is 12.0. The third kappa shape index (κ3) is 1.92. The summed E-state index contributed by atoms with van der Waals surface area (Å²) >= 11 is 0. The van der Waals surface area contributed by atoms with Gasteiger partial charge in [-0.1, -0.05) is 6.92 Å². The van der Waals surface area contributed by atoms with Crippen molar-refractivity contribution in [2.45, 2.75) is 19.8 Å². The lowest BCUT2D eigenvalue weighted by Gasteiger charge is -2.22. The highest BCUT2D eigenvalue weighted by molar-refractivity contribution is 5.93. The fourth-order valence-corrected chi connectivity index (χ4v) is 2.29. The number of carboxylic acids is 1. The van der Waals surface area contributed by atoms with Gasteiger partial charge in [0, 0.05) is 19.3 Å². The van der Waals surface area contributed by atoms with Crippen molar-refractivity contribution in [3.05, 3.63) is 24.0 Å². The number of hydrogen-bond acceptors (Lipinski definition) is 2. The van der Waals surface area contributed by atoms with Crippen LogP contribution in [-0.2, 0) is 4.79 Å². The summed E-state index contributed by atoms with van der Waals surface area (Å²) in [6.07, 6.45) is 2.77. The van der Waals surface area contributed by atoms with Crippen molar-refractivity contribution in [1.29, 1.82) is 0 Å². The average molecular weight is 236 g/mol. The van der Waals surface area contributed by atoms with Gasteiger partial charge in [-0.25, -0.2) is 0 Å². The third-order valence-electron chi connectivity index (χ3n) is 3.60. The number of likely N-dealkylation sites (tertiary alicyclic amines) is 1. The quantitative estimate of drug-likeness (QED) is 0.831. The molecule has 0 bridgehead atoms. The number of rotatable bonds is 3. The summed E-state index contributed by atoms with van der Waals surface area (Å²) in [5.74, 6) is -0.923. The van der Waals surface area contributed by atoms with Crippen LogP contribution in [-0.4, -0.2) is 40.0 Å². The molecule has 5 nitrogen and oxygen atoms in total. The Balaban J connectivity index is 2.12. The van der Waals surface area contributed by atoms with Crippen LogP contribution in [0.25, 0.3) is 0 Å². The van der Waals surface area contributed by atoms with Gasteiger partial charge in [0.25, 0.3) is 5.91 Å². The Morgan fingerprint density at radius 3 is 2.82 bits per heavy atom. The Labute approximate surface area is 99.4 Å². The van der Waals surface area contributed by atoms with E-state index in [0.29, 0.717) is 31.6 Å². The van der Waals surface area contributed by atoms with Gasteiger partial charge in [0.05, 0.1) is 5.41 Å². The minimum Gasteiger partial charge on any atom is -0.481 e. The summed E-state index contributed by atoms with van der Waals surface area (Å²) in [7, 11) is 0. The lowest BCUT2D eigenvalue weighted by molar-refractivity contribution is -0.148. The number of amides is 1. The molecule has 2 heterocycles. The molecule has 2 N–H and O–H groups in total. The smallest absolute Gasteiger partial charge is 0.311 e. The van der Waals surface area contributed by atoms with Gasteiger partial charge in [0.1, 0.15) is 5.69 Å². The summed E-state index contributed by atoms with van der Waals surface area (Å²) in [5.41, 5.74) is -0.246. The van der Waals surface area contributed by atoms with Gasteiger partial charge in [-0.2, -0.15) is 0 Å². The van der Waals surface area contributed by atoms with Crippen LogP contribution >= 0.6 is 0 Å². The van der Waals surface area contributed by atoms with E-state index in [4.69, 9.17) is 0 Å². The van der Waals surface area contributed by atoms with E-state index < -0.39 is 11.4 Å². The van der Waals surface area contributed by atoms with E-state index in [1.807, 2.05) is 6.92 Å². The molecule has 0 aromatic carbocycles. The molecule has 1 aliphatic rings. The fourth-order valence-electron chi connectivity index (χ4n) is 2.29. The highest BCUT2D eigenvalue weighted by Gasteiger charge is 2.44. The van der Waals surface area contributed by atoms with Crippen LogP contribution in [0, 0.1) is 5.41 Å². The number of aliphatic carboxylic acids is 1. The molecule has 0 radical (unpaired) electrons. The maximum Gasteiger partial charge on any atom is 0.311 e. The van der Waals surface area contributed by atoms with Crippen LogP contribution in [0.15, 0.2) is 18.3 Å². The predicted molar refractivity (Wildman–Crippen MR) is 61.7 cm³/mol. The molecule has 5 heteroatoms. The first-order chi connectivity index (χ1) is 8.09. The molecule has 1 fully saturated rings. The molecule has 1 saturated heterocycles. The van der Waals surface area contributed by atoms with Gasteiger partial charge in [0.15, 0.2) is 0 Å². The van der Waals surface area contributed by atoms with Crippen molar-refractivity contribution in [3.63, 3.8) is 0 Å². The van der Waals surface area contributed by atoms with Gasteiger partial charge in [0.2, 0.25) is 0 Å². The topological polar surface area (TPSA) is 73.4 Å². The summed E-state index contributed by atoms with van der Waals surface area (Å²) in [6, 6.07) is 3.46. The van der Waals surface area contributed by atoms with Crippen molar-refractivity contribution >= 4 is 11.9 Å². The molecule has 1 atom stereocenters. The number of carbonyl (C=O) groups excluding carboxylic acids is 1. The Bertz CT molecular complexity index is 427. The molecule has 1 unspecified atom stereocenters. The van der Waals surface area contributed by atoms with E-state index in [2.05, 4.69) is 4.98 Å². The maximum absolute atomic E-state index is 12.0. The predicted octanol–water partition coefficient (Wildman–Crippen LogP) is 1.34. The Kier molecular flexibility index (Phi) is 2.92. The molecule has 1 aromatic heterocycles. The number of nitrogens with zero attached hydrogens (tertiary/aromatic N) is 1. The molecule has 0 saturated carbocycles. The van der Waals surface area contributed by atoms with Crippen molar-refractivity contribution < 1.29 is 14.7 Å². The zero-order valence-corrected chi connectivity index (χ0v) is 9.77. The minimum absolute atomic E-state index is 0.119. The molecule has 0 aliphatic carbocycles. The van der Waals surface area contributed by atoms with E-state index in [9.17, 15) is 14.7 Å². The Morgan fingerprint density at radius 1 is 1.59 bits per heavy atom. The summed E-state index contributed by atoms with van der Waals surface area (Å²) in [5, 5.41) is 9.25. The monoisotopic (exact) mass is 236 g/mol. The largest absolute Gasteiger partial charge is 0.481 e. The van der Waals surface area contributed by atoms with Gasteiger partial charge >= 0.3 is 5.97 Å². The van der Waals surface area contributed by atoms with Crippen molar-refractivity contribution in [2.24, 2.45) is 5.41 Å². The van der Waals surface area contributed by atoms with Gasteiger partial charge in [-0.3, -0.25) is 9.59 Å². The summed E-state index contributed by atoms with van der Waals surface area (Å²) in [6.45, 7) is 2.67. The lowest BCUT2D eigenvalue weighted by atomic mass is 9.84. The van der Waals surface area contributed by atoms with E-state index in [1.165, 1.54) is 0 Å². The van der Waals surface area contributed by atoms with Crippen LogP contribution in [0.3, 0.4) is 0 Å². The minimum atomic E-state index is -0.804. The standard InChI is InChI=1S/C12H16N2O3/c1-2-12(11(16)17)5-7-14(8-12)10(15)9-4-3-6-13-9/h3-4,6,13H,2,5,7-8H2,1H3,(H,16,17). The zero-order valence-electron chi connectivity index (χ0n) is 9.77. The lowest BCUT2D eigenvalue weighted by Crippen LogP contribution is -2.36. The molecular weight excluding hydrogens is 220 g/mol. The fraction of sp³-hybridized carbons (Fsp3) is 0.500. The number of H-pyrrole nitrogens is 1. The second-order valence-electron chi connectivity index (χ2n) is 4.50. The van der Waals surface area contributed by atoms with Crippen molar-refractivity contribution in [3.8, 4) is 0 Å². The average Bonchev–Trinajstić information content (AvgIpc) is 2.98. The van der Waals surface area contributed by atoms with E-state index in [1.54, 1.807) is 23.2 Å². The first-order valence-corrected chi connectivity index (χ1v) is 5.75. The first-order valence-electron chi connectivity index (χ1n) is 5.75. The second kappa shape index (κ2) is 4.24. The second-order valence-corrected chi connectivity index (χ2v) is 4.50. The van der Waals surface area contributed by atoms with Crippen LogP contribution in [0.4, 0.5) is 0 Å². The van der Waals surface area contributed by atoms with E-state index in [-0.39, 0.29) is 5.91 Å². The van der Waals surface area contributed by atoms with Gasteiger partial charge < -0.3 is 15.0 Å². The first kappa shape index (κ1) is 11.7. The molecule has 92 valence electrons. The van der Waals surface area contributed by atoms with Crippen molar-refractivity contribution in [1.82, 2.24) is 9.88 Å². The van der Waals surface area contributed by atoms with Crippen LogP contribution in [0.2, 0.25) is 0 Å². The SMILES string of the molecule is CCC1(C(=O)O)CCN(C(=O)c2ccc[nH]2)C1. The van der Waals surface area contributed by atoms with Crippen LogP contribution < -0.4 is 0 Å². The molecular formula is C12H16N2O3. The van der Waals surface area contributed by atoms with E-state index >= 15 is 0 Å². The molecule has 17 heavy (non-hydrogen) atoms. The van der Waals surface area contributed by atoms with Gasteiger partial charge in [-0.15, -0.1) is 0 Å². The zero-order chi connectivity index (χ0) is 12.5. The highest BCUT2D eigenvalue weighted by Crippen LogP contribution is 2.34. The van der Waals surface area contributed by atoms with Crippen molar-refractivity contribution in [2.75, 3.05) is 13.1 Å². The molecule has 1 aliphatic heterocycles. The summed E-state index contributed by atoms with van der Waals surface area (Å²) < 4.78 is 0. The normalized spacial score (nSPS) is 23.9. The third-order valence-corrected chi connectivity index (χ3v) is 3.60. The molecule has 0 spiro atoms. The number of hydrogen-bond donors (Lipinski definition) is 2. The van der Waals surface area contributed by atoms with Crippen LogP contribution in [0.5, 0.6) is 0 Å². The Morgan fingerprint density at radius 2 is 2.35 bits per heavy atom. The van der Waals surface area contributed by atoms with Crippen LogP contribution in [0.1, 0.15) is 30.3 Å². The number of nitrogens with one attached hydrogen (secondary N) is 1. The highest BCUT2D eigenvalue weighted by atomic mass is 16.4. The number of aromatic amines is 1. The number of aromatic nitrogens is 1. The molecule has 1 amide bonds. The van der Waals surface area contributed by atoms with E-state index in [0.717, 1.165) is 0 Å².